The number of nitrogen functional groups attached to an aromatic ring is 2. The molecular formula is C12H10MnN4. The van der Waals surface area contributed by atoms with Crippen molar-refractivity contribution < 1.29 is 17.1 Å². The maximum absolute atomic E-state index is 5.74. The van der Waals surface area contributed by atoms with Crippen molar-refractivity contribution in [2.75, 3.05) is 11.5 Å². The van der Waals surface area contributed by atoms with E-state index in [2.05, 4.69) is 9.97 Å². The zero-order valence-corrected chi connectivity index (χ0v) is 10.1. The molecule has 0 saturated carbocycles. The summed E-state index contributed by atoms with van der Waals surface area (Å²) in [7, 11) is 0. The van der Waals surface area contributed by atoms with Gasteiger partial charge >= 0.3 is 0 Å². The summed E-state index contributed by atoms with van der Waals surface area (Å²) in [5.74, 6) is 0. The Bertz CT molecular complexity index is 636. The van der Waals surface area contributed by atoms with Crippen LogP contribution in [-0.2, 0) is 17.1 Å². The van der Waals surface area contributed by atoms with E-state index in [1.54, 1.807) is 12.1 Å². The van der Waals surface area contributed by atoms with Gasteiger partial charge in [-0.1, -0.05) is 12.1 Å². The van der Waals surface area contributed by atoms with Gasteiger partial charge in [-0.3, -0.25) is 0 Å². The van der Waals surface area contributed by atoms with E-state index in [0.717, 1.165) is 22.1 Å². The van der Waals surface area contributed by atoms with Crippen LogP contribution in [0.4, 0.5) is 11.4 Å². The zero-order chi connectivity index (χ0) is 11.1. The van der Waals surface area contributed by atoms with E-state index in [9.17, 15) is 0 Å². The fourth-order valence-electron chi connectivity index (χ4n) is 1.70. The minimum Gasteiger partial charge on any atom is -0.397 e. The van der Waals surface area contributed by atoms with Crippen LogP contribution in [0.15, 0.2) is 36.4 Å². The first-order valence-corrected chi connectivity index (χ1v) is 4.95. The Hall–Kier alpha value is -1.84. The minimum atomic E-state index is 0. The molecule has 17 heavy (non-hydrogen) atoms. The molecule has 1 heterocycles. The Labute approximate surface area is 109 Å². The molecule has 0 bridgehead atoms. The monoisotopic (exact) mass is 265 g/mol. The fraction of sp³-hybridized carbons (Fsp3) is 0. The molecule has 85 valence electrons. The third-order valence-electron chi connectivity index (χ3n) is 2.54. The number of aromatic nitrogens is 2. The number of hydrogen-bond acceptors (Lipinski definition) is 4. The second-order valence-electron chi connectivity index (χ2n) is 3.68. The number of fused-ring (bicyclic) bond motifs is 2. The van der Waals surface area contributed by atoms with Crippen LogP contribution in [0.1, 0.15) is 0 Å². The summed E-state index contributed by atoms with van der Waals surface area (Å²) in [5.41, 5.74) is 15.8. The van der Waals surface area contributed by atoms with Crippen LogP contribution < -0.4 is 11.5 Å². The summed E-state index contributed by atoms with van der Waals surface area (Å²) in [6, 6.07) is 11.2. The van der Waals surface area contributed by atoms with Gasteiger partial charge in [-0.2, -0.15) is 0 Å². The Morgan fingerprint density at radius 1 is 0.706 bits per heavy atom. The summed E-state index contributed by atoms with van der Waals surface area (Å²) >= 11 is 0. The predicted octanol–water partition coefficient (Wildman–Crippen LogP) is 1.94. The van der Waals surface area contributed by atoms with Crippen LogP contribution >= 0.6 is 0 Å². The standard InChI is InChI=1S/C12H10N4.Mn/c13-7-5-11-12(6-8(7)14)16-10-4-2-1-3-9(10)15-11;/h1-6H,13-14H2;. The molecule has 4 nitrogen and oxygen atoms in total. The van der Waals surface area contributed by atoms with E-state index in [1.165, 1.54) is 0 Å². The van der Waals surface area contributed by atoms with Crippen LogP contribution in [0, 0.1) is 0 Å². The molecule has 0 aliphatic heterocycles. The number of nitrogens with two attached hydrogens (primary N) is 2. The van der Waals surface area contributed by atoms with Gasteiger partial charge in [-0.05, 0) is 24.3 Å². The fourth-order valence-corrected chi connectivity index (χ4v) is 1.70. The van der Waals surface area contributed by atoms with Crippen molar-refractivity contribution in [3.63, 3.8) is 0 Å². The summed E-state index contributed by atoms with van der Waals surface area (Å²) < 4.78 is 0. The van der Waals surface area contributed by atoms with Gasteiger partial charge in [-0.15, -0.1) is 0 Å². The Morgan fingerprint density at radius 2 is 1.12 bits per heavy atom. The SMILES string of the molecule is Nc1cc2nc3ccccc3nc2cc1N.[Mn]. The predicted molar refractivity (Wildman–Crippen MR) is 65.9 cm³/mol. The number of rotatable bonds is 0. The van der Waals surface area contributed by atoms with Crippen LogP contribution in [0.2, 0.25) is 0 Å². The van der Waals surface area contributed by atoms with E-state index in [1.807, 2.05) is 24.3 Å². The summed E-state index contributed by atoms with van der Waals surface area (Å²) in [5, 5.41) is 0. The molecule has 3 aromatic rings. The van der Waals surface area contributed by atoms with E-state index in [-0.39, 0.29) is 17.1 Å². The molecule has 0 aliphatic carbocycles. The molecule has 0 atom stereocenters. The quantitative estimate of drug-likeness (QED) is 0.370. The van der Waals surface area contributed by atoms with Crippen molar-refractivity contribution in [2.24, 2.45) is 0 Å². The van der Waals surface area contributed by atoms with E-state index in [4.69, 9.17) is 11.5 Å². The first-order valence-electron chi connectivity index (χ1n) is 4.95. The van der Waals surface area contributed by atoms with Crippen LogP contribution in [-0.4, -0.2) is 9.97 Å². The van der Waals surface area contributed by atoms with Gasteiger partial charge in [0.1, 0.15) is 0 Å². The van der Waals surface area contributed by atoms with Gasteiger partial charge in [0.05, 0.1) is 33.4 Å². The van der Waals surface area contributed by atoms with Gasteiger partial charge in [0.2, 0.25) is 0 Å². The maximum Gasteiger partial charge on any atom is 0.0916 e. The van der Waals surface area contributed by atoms with E-state index >= 15 is 0 Å². The minimum absolute atomic E-state index is 0. The first-order chi connectivity index (χ1) is 7.74. The molecule has 0 unspecified atom stereocenters. The maximum atomic E-state index is 5.74. The second-order valence-corrected chi connectivity index (χ2v) is 3.68. The molecule has 4 N–H and O–H groups in total. The van der Waals surface area contributed by atoms with Crippen molar-refractivity contribution in [1.82, 2.24) is 9.97 Å². The molecule has 1 aromatic heterocycles. The third kappa shape index (κ3) is 1.90. The molecule has 2 aromatic carbocycles. The largest absolute Gasteiger partial charge is 0.397 e. The molecule has 0 spiro atoms. The molecule has 3 rings (SSSR count). The zero-order valence-electron chi connectivity index (χ0n) is 8.89. The number of nitrogens with zero attached hydrogens (tertiary/aromatic N) is 2. The van der Waals surface area contributed by atoms with Crippen molar-refractivity contribution in [2.45, 2.75) is 0 Å². The molecule has 0 aliphatic rings. The van der Waals surface area contributed by atoms with Crippen molar-refractivity contribution in [3.05, 3.63) is 36.4 Å². The summed E-state index contributed by atoms with van der Waals surface area (Å²) in [4.78, 5) is 8.96. The molecule has 0 saturated heterocycles. The second kappa shape index (κ2) is 4.20. The number of hydrogen-bond donors (Lipinski definition) is 2. The van der Waals surface area contributed by atoms with E-state index < -0.39 is 0 Å². The number of para-hydroxylation sites is 2. The van der Waals surface area contributed by atoms with Crippen molar-refractivity contribution >= 4 is 33.4 Å². The average Bonchev–Trinajstić information content (AvgIpc) is 2.28. The average molecular weight is 265 g/mol. The number of anilines is 2. The first kappa shape index (κ1) is 11.6. The molecule has 5 heteroatoms. The third-order valence-corrected chi connectivity index (χ3v) is 2.54. The smallest absolute Gasteiger partial charge is 0.0916 e. The Kier molecular flexibility index (Phi) is 2.88. The van der Waals surface area contributed by atoms with E-state index in [0.29, 0.717) is 11.4 Å². The topological polar surface area (TPSA) is 77.8 Å². The molecule has 0 amide bonds. The Morgan fingerprint density at radius 3 is 1.53 bits per heavy atom. The van der Waals surface area contributed by atoms with Crippen LogP contribution in [0.25, 0.3) is 22.1 Å². The summed E-state index contributed by atoms with van der Waals surface area (Å²) in [6.45, 7) is 0. The van der Waals surface area contributed by atoms with Crippen molar-refractivity contribution in [3.8, 4) is 0 Å². The molecular weight excluding hydrogens is 255 g/mol. The normalized spacial score (nSPS) is 10.4. The molecule has 0 fully saturated rings. The van der Waals surface area contributed by atoms with Crippen LogP contribution in [0.3, 0.4) is 0 Å². The Balaban J connectivity index is 0.00000108. The van der Waals surface area contributed by atoms with Gasteiger partial charge in [0.25, 0.3) is 0 Å². The number of benzene rings is 2. The molecule has 1 radical (unpaired) electrons. The van der Waals surface area contributed by atoms with Crippen molar-refractivity contribution in [1.29, 1.82) is 0 Å². The van der Waals surface area contributed by atoms with Gasteiger partial charge in [0, 0.05) is 17.1 Å². The van der Waals surface area contributed by atoms with Crippen LogP contribution in [0.5, 0.6) is 0 Å². The van der Waals surface area contributed by atoms with Gasteiger partial charge < -0.3 is 11.5 Å². The van der Waals surface area contributed by atoms with Gasteiger partial charge in [0.15, 0.2) is 0 Å². The van der Waals surface area contributed by atoms with Gasteiger partial charge in [-0.25, -0.2) is 9.97 Å². The summed E-state index contributed by atoms with van der Waals surface area (Å²) in [6.07, 6.45) is 0.